The predicted octanol–water partition coefficient (Wildman–Crippen LogP) is 3.79. The smallest absolute Gasteiger partial charge is 0.160 e. The van der Waals surface area contributed by atoms with E-state index in [0.29, 0.717) is 11.9 Å². The summed E-state index contributed by atoms with van der Waals surface area (Å²) in [5.74, 6) is 2.41. The number of halogens is 1. The standard InChI is InChI=1S/C13H18ClN3S/c1-4-10(8-18-3)17-11(7-14)16-12-9(2)5-6-15-13(12)17/h5-6,10H,4,7-8H2,1-3H3. The fourth-order valence-corrected chi connectivity index (χ4v) is 3.16. The van der Waals surface area contributed by atoms with Crippen LogP contribution in [0.2, 0.25) is 0 Å². The highest BCUT2D eigenvalue weighted by molar-refractivity contribution is 7.98. The van der Waals surface area contributed by atoms with Crippen molar-refractivity contribution in [3.8, 4) is 0 Å². The highest BCUT2D eigenvalue weighted by atomic mass is 35.5. The number of alkyl halides is 1. The van der Waals surface area contributed by atoms with Gasteiger partial charge in [0.25, 0.3) is 0 Å². The minimum atomic E-state index is 0.410. The average molecular weight is 284 g/mol. The van der Waals surface area contributed by atoms with Crippen LogP contribution in [0.3, 0.4) is 0 Å². The van der Waals surface area contributed by atoms with E-state index >= 15 is 0 Å². The van der Waals surface area contributed by atoms with Crippen molar-refractivity contribution < 1.29 is 0 Å². The van der Waals surface area contributed by atoms with Gasteiger partial charge in [-0.3, -0.25) is 0 Å². The fraction of sp³-hybridized carbons (Fsp3) is 0.538. The molecule has 18 heavy (non-hydrogen) atoms. The van der Waals surface area contributed by atoms with Crippen LogP contribution in [0.15, 0.2) is 12.3 Å². The van der Waals surface area contributed by atoms with Crippen molar-refractivity contribution in [1.82, 2.24) is 14.5 Å². The Morgan fingerprint density at radius 3 is 2.89 bits per heavy atom. The van der Waals surface area contributed by atoms with Crippen LogP contribution in [0.5, 0.6) is 0 Å². The van der Waals surface area contributed by atoms with E-state index in [-0.39, 0.29) is 0 Å². The maximum atomic E-state index is 6.04. The van der Waals surface area contributed by atoms with E-state index in [0.717, 1.165) is 34.7 Å². The Hall–Kier alpha value is -0.740. The molecule has 0 amide bonds. The van der Waals surface area contributed by atoms with E-state index in [1.165, 1.54) is 0 Å². The largest absolute Gasteiger partial charge is 0.308 e. The first-order valence-electron chi connectivity index (χ1n) is 6.10. The van der Waals surface area contributed by atoms with Crippen molar-refractivity contribution in [3.05, 3.63) is 23.7 Å². The van der Waals surface area contributed by atoms with Gasteiger partial charge in [-0.2, -0.15) is 11.8 Å². The van der Waals surface area contributed by atoms with Crippen molar-refractivity contribution in [2.45, 2.75) is 32.2 Å². The van der Waals surface area contributed by atoms with Crippen LogP contribution >= 0.6 is 23.4 Å². The number of aryl methyl sites for hydroxylation is 1. The molecule has 5 heteroatoms. The van der Waals surface area contributed by atoms with Gasteiger partial charge in [0.1, 0.15) is 11.3 Å². The van der Waals surface area contributed by atoms with Crippen molar-refractivity contribution in [2.75, 3.05) is 12.0 Å². The third-order valence-corrected chi connectivity index (χ3v) is 4.13. The number of aromatic nitrogens is 3. The molecule has 2 aromatic rings. The molecule has 98 valence electrons. The molecular weight excluding hydrogens is 266 g/mol. The zero-order valence-electron chi connectivity index (χ0n) is 11.0. The lowest BCUT2D eigenvalue weighted by atomic mass is 10.2. The topological polar surface area (TPSA) is 30.7 Å². The molecule has 0 radical (unpaired) electrons. The molecule has 2 rings (SSSR count). The molecule has 0 saturated carbocycles. The molecule has 0 bridgehead atoms. The molecule has 0 aliphatic heterocycles. The maximum absolute atomic E-state index is 6.04. The number of nitrogens with zero attached hydrogens (tertiary/aromatic N) is 3. The molecule has 0 aliphatic carbocycles. The Morgan fingerprint density at radius 1 is 1.50 bits per heavy atom. The van der Waals surface area contributed by atoms with Crippen molar-refractivity contribution in [3.63, 3.8) is 0 Å². The number of pyridine rings is 1. The Bertz CT molecular complexity index is 538. The van der Waals surface area contributed by atoms with E-state index in [9.17, 15) is 0 Å². The molecule has 3 nitrogen and oxygen atoms in total. The summed E-state index contributed by atoms with van der Waals surface area (Å²) >= 11 is 7.88. The fourth-order valence-electron chi connectivity index (χ4n) is 2.20. The second-order valence-electron chi connectivity index (χ2n) is 4.35. The van der Waals surface area contributed by atoms with Crippen molar-refractivity contribution in [1.29, 1.82) is 0 Å². The quantitative estimate of drug-likeness (QED) is 0.782. The third-order valence-electron chi connectivity index (χ3n) is 3.17. The van der Waals surface area contributed by atoms with Gasteiger partial charge in [-0.1, -0.05) is 6.92 Å². The second-order valence-corrected chi connectivity index (χ2v) is 5.53. The summed E-state index contributed by atoms with van der Waals surface area (Å²) in [5, 5.41) is 0. The van der Waals surface area contributed by atoms with Crippen LogP contribution in [-0.4, -0.2) is 26.5 Å². The monoisotopic (exact) mass is 283 g/mol. The van der Waals surface area contributed by atoms with E-state index in [4.69, 9.17) is 11.6 Å². The normalized spacial score (nSPS) is 13.1. The molecule has 2 heterocycles. The molecule has 0 aliphatic rings. The van der Waals surface area contributed by atoms with E-state index in [1.54, 1.807) is 0 Å². The zero-order valence-corrected chi connectivity index (χ0v) is 12.6. The molecule has 1 unspecified atom stereocenters. The van der Waals surface area contributed by atoms with Crippen LogP contribution in [-0.2, 0) is 5.88 Å². The second kappa shape index (κ2) is 5.93. The van der Waals surface area contributed by atoms with Gasteiger partial charge in [0.05, 0.1) is 5.88 Å². The first-order valence-corrected chi connectivity index (χ1v) is 8.03. The molecule has 2 aromatic heterocycles. The van der Waals surface area contributed by atoms with E-state index < -0.39 is 0 Å². The van der Waals surface area contributed by atoms with E-state index in [1.807, 2.05) is 24.0 Å². The van der Waals surface area contributed by atoms with Gasteiger partial charge < -0.3 is 4.57 Å². The van der Waals surface area contributed by atoms with Crippen LogP contribution in [0.1, 0.15) is 30.8 Å². The van der Waals surface area contributed by atoms with Gasteiger partial charge in [-0.25, -0.2) is 9.97 Å². The minimum absolute atomic E-state index is 0.410. The molecule has 0 N–H and O–H groups in total. The first-order chi connectivity index (χ1) is 8.72. The Kier molecular flexibility index (Phi) is 4.51. The van der Waals surface area contributed by atoms with Gasteiger partial charge in [-0.05, 0) is 31.2 Å². The lowest BCUT2D eigenvalue weighted by Crippen LogP contribution is -2.14. The number of hydrogen-bond donors (Lipinski definition) is 0. The van der Waals surface area contributed by atoms with E-state index in [2.05, 4.69) is 34.6 Å². The van der Waals surface area contributed by atoms with Gasteiger partial charge in [-0.15, -0.1) is 11.6 Å². The summed E-state index contributed by atoms with van der Waals surface area (Å²) in [7, 11) is 0. The number of rotatable bonds is 5. The summed E-state index contributed by atoms with van der Waals surface area (Å²) < 4.78 is 2.21. The van der Waals surface area contributed by atoms with Gasteiger partial charge in [0.2, 0.25) is 0 Å². The molecule has 0 spiro atoms. The molecule has 0 saturated heterocycles. The summed E-state index contributed by atoms with van der Waals surface area (Å²) in [5.41, 5.74) is 3.10. The number of fused-ring (bicyclic) bond motifs is 1. The highest BCUT2D eigenvalue weighted by Gasteiger charge is 2.18. The Balaban J connectivity index is 2.62. The number of hydrogen-bond acceptors (Lipinski definition) is 3. The van der Waals surface area contributed by atoms with Crippen LogP contribution in [0, 0.1) is 6.92 Å². The lowest BCUT2D eigenvalue weighted by Gasteiger charge is -2.18. The van der Waals surface area contributed by atoms with Crippen LogP contribution in [0.4, 0.5) is 0 Å². The SMILES string of the molecule is CCC(CSC)n1c(CCl)nc2c(C)ccnc21. The summed E-state index contributed by atoms with van der Waals surface area (Å²) in [6.07, 6.45) is 5.03. The number of imidazole rings is 1. The van der Waals surface area contributed by atoms with Gasteiger partial charge in [0, 0.05) is 18.0 Å². The van der Waals surface area contributed by atoms with Gasteiger partial charge >= 0.3 is 0 Å². The third kappa shape index (κ3) is 2.36. The van der Waals surface area contributed by atoms with Crippen molar-refractivity contribution >= 4 is 34.5 Å². The van der Waals surface area contributed by atoms with Gasteiger partial charge in [0.15, 0.2) is 5.65 Å². The van der Waals surface area contributed by atoms with Crippen LogP contribution < -0.4 is 0 Å². The Labute approximate surface area is 117 Å². The predicted molar refractivity (Wildman–Crippen MR) is 79.5 cm³/mol. The first kappa shape index (κ1) is 13.7. The van der Waals surface area contributed by atoms with Crippen molar-refractivity contribution in [2.24, 2.45) is 0 Å². The number of thioether (sulfide) groups is 1. The van der Waals surface area contributed by atoms with Crippen LogP contribution in [0.25, 0.3) is 11.2 Å². The maximum Gasteiger partial charge on any atom is 0.160 e. The molecular formula is C13H18ClN3S. The summed E-state index contributed by atoms with van der Waals surface area (Å²) in [6, 6.07) is 2.40. The molecule has 1 atom stereocenters. The Morgan fingerprint density at radius 2 is 2.28 bits per heavy atom. The average Bonchev–Trinajstić information content (AvgIpc) is 2.76. The molecule has 0 fully saturated rings. The summed E-state index contributed by atoms with van der Waals surface area (Å²) in [4.78, 5) is 9.14. The zero-order chi connectivity index (χ0) is 13.1. The minimum Gasteiger partial charge on any atom is -0.308 e. The molecule has 0 aromatic carbocycles. The summed E-state index contributed by atoms with van der Waals surface area (Å²) in [6.45, 7) is 4.26. The lowest BCUT2D eigenvalue weighted by molar-refractivity contribution is 0.535. The highest BCUT2D eigenvalue weighted by Crippen LogP contribution is 2.26.